The number of methoxy groups -OCH3 is 1. The fraction of sp³-hybridized carbons (Fsp3) is 0.333. The predicted molar refractivity (Wildman–Crippen MR) is 71.7 cm³/mol. The smallest absolute Gasteiger partial charge is 0.325 e. The molecule has 0 aromatic heterocycles. The molecule has 0 heterocycles. The summed E-state index contributed by atoms with van der Waals surface area (Å²) in [6, 6.07) is 3.66. The third kappa shape index (κ3) is 3.67. The molecule has 1 aromatic rings. The molecule has 0 aliphatic heterocycles. The summed E-state index contributed by atoms with van der Waals surface area (Å²) in [5, 5.41) is 10.5. The number of hydrogen-bond acceptors (Lipinski definition) is 5. The lowest BCUT2D eigenvalue weighted by Crippen LogP contribution is -2.36. The average Bonchev–Trinajstić information content (AvgIpc) is 2.43. The van der Waals surface area contributed by atoms with E-state index in [0.717, 1.165) is 6.07 Å². The predicted octanol–water partition coefficient (Wildman–Crippen LogP) is 1.88. The molecular formula is C12H13ClN2O5. The molecule has 20 heavy (non-hydrogen) atoms. The van der Waals surface area contributed by atoms with Crippen LogP contribution in [0.5, 0.6) is 0 Å². The number of carbonyl (C=O) groups excluding carboxylic acids is 2. The molecule has 8 heteroatoms. The maximum absolute atomic E-state index is 12.2. The van der Waals surface area contributed by atoms with Crippen LogP contribution in [0.3, 0.4) is 0 Å². The summed E-state index contributed by atoms with van der Waals surface area (Å²) < 4.78 is 4.49. The first kappa shape index (κ1) is 15.9. The SMILES string of the molecule is CCN(CC(=O)OC)C(=O)c1ccc([N+](=O)[O-])c(Cl)c1. The van der Waals surface area contributed by atoms with Gasteiger partial charge in [-0.2, -0.15) is 0 Å². The lowest BCUT2D eigenvalue weighted by atomic mass is 10.2. The standard InChI is InChI=1S/C12H13ClN2O5/c1-3-14(7-11(16)20-2)12(17)8-4-5-10(15(18)19)9(13)6-8/h4-6H,3,7H2,1-2H3. The summed E-state index contributed by atoms with van der Waals surface area (Å²) in [5.74, 6) is -0.997. The number of likely N-dealkylation sites (N-methyl/N-ethyl adjacent to an activating group) is 1. The van der Waals surface area contributed by atoms with Gasteiger partial charge in [-0.25, -0.2) is 0 Å². The summed E-state index contributed by atoms with van der Waals surface area (Å²) in [5.41, 5.74) is -0.106. The van der Waals surface area contributed by atoms with Crippen molar-refractivity contribution in [3.63, 3.8) is 0 Å². The number of halogens is 1. The number of nitro groups is 1. The normalized spacial score (nSPS) is 9.95. The maximum Gasteiger partial charge on any atom is 0.325 e. The van der Waals surface area contributed by atoms with E-state index in [9.17, 15) is 19.7 Å². The third-order valence-corrected chi connectivity index (χ3v) is 2.91. The van der Waals surface area contributed by atoms with Crippen molar-refractivity contribution < 1.29 is 19.2 Å². The van der Waals surface area contributed by atoms with E-state index in [1.54, 1.807) is 6.92 Å². The average molecular weight is 301 g/mol. The van der Waals surface area contributed by atoms with Crippen LogP contribution in [0.4, 0.5) is 5.69 Å². The van der Waals surface area contributed by atoms with Gasteiger partial charge < -0.3 is 9.64 Å². The molecule has 0 radical (unpaired) electrons. The quantitative estimate of drug-likeness (QED) is 0.470. The van der Waals surface area contributed by atoms with Crippen molar-refractivity contribution in [1.29, 1.82) is 0 Å². The molecule has 0 N–H and O–H groups in total. The van der Waals surface area contributed by atoms with Crippen molar-refractivity contribution in [3.05, 3.63) is 38.9 Å². The lowest BCUT2D eigenvalue weighted by molar-refractivity contribution is -0.384. The highest BCUT2D eigenvalue weighted by Crippen LogP contribution is 2.25. The van der Waals surface area contributed by atoms with Crippen LogP contribution >= 0.6 is 11.6 Å². The second-order valence-electron chi connectivity index (χ2n) is 3.82. The third-order valence-electron chi connectivity index (χ3n) is 2.61. The molecule has 1 rings (SSSR count). The highest BCUT2D eigenvalue weighted by atomic mass is 35.5. The number of amides is 1. The Labute approximate surface area is 120 Å². The molecular weight excluding hydrogens is 288 g/mol. The Kier molecular flexibility index (Phi) is 5.45. The van der Waals surface area contributed by atoms with Gasteiger partial charge in [0.25, 0.3) is 11.6 Å². The zero-order chi connectivity index (χ0) is 15.3. The Bertz CT molecular complexity index is 547. The van der Waals surface area contributed by atoms with E-state index in [0.29, 0.717) is 6.54 Å². The molecule has 0 bridgehead atoms. The first-order valence-electron chi connectivity index (χ1n) is 5.70. The highest BCUT2D eigenvalue weighted by molar-refractivity contribution is 6.33. The maximum atomic E-state index is 12.2. The van der Waals surface area contributed by atoms with Crippen LogP contribution in [0.2, 0.25) is 5.02 Å². The van der Waals surface area contributed by atoms with E-state index in [1.807, 2.05) is 0 Å². The summed E-state index contributed by atoms with van der Waals surface area (Å²) in [6.45, 7) is 1.80. The van der Waals surface area contributed by atoms with Gasteiger partial charge in [-0.1, -0.05) is 11.6 Å². The van der Waals surface area contributed by atoms with Gasteiger partial charge in [0.05, 0.1) is 12.0 Å². The Morgan fingerprint density at radius 1 is 1.45 bits per heavy atom. The Morgan fingerprint density at radius 2 is 2.10 bits per heavy atom. The number of rotatable bonds is 5. The molecule has 0 aliphatic carbocycles. The van der Waals surface area contributed by atoms with Gasteiger partial charge >= 0.3 is 5.97 Å². The van der Waals surface area contributed by atoms with Crippen molar-refractivity contribution in [1.82, 2.24) is 4.90 Å². The van der Waals surface area contributed by atoms with Crippen LogP contribution in [-0.4, -0.2) is 41.9 Å². The molecule has 1 amide bonds. The second kappa shape index (κ2) is 6.85. The topological polar surface area (TPSA) is 89.8 Å². The Morgan fingerprint density at radius 3 is 2.55 bits per heavy atom. The molecule has 108 valence electrons. The van der Waals surface area contributed by atoms with Gasteiger partial charge in [0.2, 0.25) is 0 Å². The van der Waals surface area contributed by atoms with Crippen LogP contribution in [0.1, 0.15) is 17.3 Å². The fourth-order valence-electron chi connectivity index (χ4n) is 1.52. The summed E-state index contributed by atoms with van der Waals surface area (Å²) in [6.07, 6.45) is 0. The summed E-state index contributed by atoms with van der Waals surface area (Å²) in [7, 11) is 1.23. The largest absolute Gasteiger partial charge is 0.468 e. The minimum atomic E-state index is -0.636. The molecule has 0 atom stereocenters. The Hall–Kier alpha value is -2.15. The monoisotopic (exact) mass is 300 g/mol. The second-order valence-corrected chi connectivity index (χ2v) is 4.23. The molecule has 0 spiro atoms. The van der Waals surface area contributed by atoms with Crippen LogP contribution in [0.25, 0.3) is 0 Å². The van der Waals surface area contributed by atoms with Crippen molar-refractivity contribution >= 4 is 29.2 Å². The number of nitro benzene ring substituents is 1. The van der Waals surface area contributed by atoms with Crippen molar-refractivity contribution in [3.8, 4) is 0 Å². The first-order chi connectivity index (χ1) is 9.40. The number of nitrogens with zero attached hydrogens (tertiary/aromatic N) is 2. The fourth-order valence-corrected chi connectivity index (χ4v) is 1.77. The zero-order valence-electron chi connectivity index (χ0n) is 11.0. The van der Waals surface area contributed by atoms with E-state index in [4.69, 9.17) is 11.6 Å². The van der Waals surface area contributed by atoms with Crippen molar-refractivity contribution in [2.45, 2.75) is 6.92 Å². The lowest BCUT2D eigenvalue weighted by Gasteiger charge is -2.19. The summed E-state index contributed by atoms with van der Waals surface area (Å²) in [4.78, 5) is 34.6. The molecule has 0 aliphatic rings. The highest BCUT2D eigenvalue weighted by Gasteiger charge is 2.20. The zero-order valence-corrected chi connectivity index (χ0v) is 11.7. The van der Waals surface area contributed by atoms with E-state index in [1.165, 1.54) is 24.1 Å². The van der Waals surface area contributed by atoms with Gasteiger partial charge in [-0.3, -0.25) is 19.7 Å². The van der Waals surface area contributed by atoms with Gasteiger partial charge in [0.1, 0.15) is 11.6 Å². The van der Waals surface area contributed by atoms with Crippen molar-refractivity contribution in [2.75, 3.05) is 20.2 Å². The molecule has 7 nitrogen and oxygen atoms in total. The number of carbonyl (C=O) groups is 2. The molecule has 0 saturated carbocycles. The van der Waals surface area contributed by atoms with E-state index < -0.39 is 16.8 Å². The van der Waals surface area contributed by atoms with Crippen LogP contribution < -0.4 is 0 Å². The molecule has 1 aromatic carbocycles. The number of ether oxygens (including phenoxy) is 1. The van der Waals surface area contributed by atoms with Gasteiger partial charge in [-0.15, -0.1) is 0 Å². The Balaban J connectivity index is 2.98. The molecule has 0 unspecified atom stereocenters. The van der Waals surface area contributed by atoms with Gasteiger partial charge in [0.15, 0.2) is 0 Å². The van der Waals surface area contributed by atoms with E-state index in [-0.39, 0.29) is 22.8 Å². The van der Waals surface area contributed by atoms with E-state index >= 15 is 0 Å². The van der Waals surface area contributed by atoms with Crippen LogP contribution in [0.15, 0.2) is 18.2 Å². The molecule has 0 fully saturated rings. The number of hydrogen-bond donors (Lipinski definition) is 0. The summed E-state index contributed by atoms with van der Waals surface area (Å²) >= 11 is 5.75. The van der Waals surface area contributed by atoms with Crippen molar-refractivity contribution in [2.24, 2.45) is 0 Å². The first-order valence-corrected chi connectivity index (χ1v) is 6.08. The van der Waals surface area contributed by atoms with E-state index in [2.05, 4.69) is 4.74 Å². The van der Waals surface area contributed by atoms with Gasteiger partial charge in [-0.05, 0) is 19.1 Å². The number of esters is 1. The minimum absolute atomic E-state index is 0.130. The van der Waals surface area contributed by atoms with Crippen LogP contribution in [0, 0.1) is 10.1 Å². The van der Waals surface area contributed by atoms with Gasteiger partial charge in [0, 0.05) is 18.2 Å². The molecule has 0 saturated heterocycles. The van der Waals surface area contributed by atoms with Crippen LogP contribution in [-0.2, 0) is 9.53 Å². The minimum Gasteiger partial charge on any atom is -0.468 e. The number of benzene rings is 1.